The third kappa shape index (κ3) is 2.22. The van der Waals surface area contributed by atoms with Gasteiger partial charge < -0.3 is 5.11 Å². The molecule has 3 atom stereocenters. The van der Waals surface area contributed by atoms with Crippen LogP contribution in [0.2, 0.25) is 0 Å². The Hall–Kier alpha value is -0.0400. The Balaban J connectivity index is 2.01. The quantitative estimate of drug-likeness (QED) is 0.740. The van der Waals surface area contributed by atoms with Gasteiger partial charge in [0.25, 0.3) is 0 Å². The number of aliphatic hydroxyl groups excluding tert-OH is 1. The minimum atomic E-state index is 0.0364. The summed E-state index contributed by atoms with van der Waals surface area (Å²) in [6.45, 7) is 7.08. The highest BCUT2D eigenvalue weighted by Gasteiger charge is 2.40. The molecule has 3 unspecified atom stereocenters. The third-order valence-corrected chi connectivity index (χ3v) is 5.12. The minimum absolute atomic E-state index is 0.0364. The molecule has 0 saturated heterocycles. The lowest BCUT2D eigenvalue weighted by molar-refractivity contribution is -0.0470. The van der Waals surface area contributed by atoms with Crippen LogP contribution in [0.25, 0.3) is 0 Å². The Bertz CT molecular complexity index is 197. The van der Waals surface area contributed by atoms with Crippen LogP contribution < -0.4 is 0 Å². The van der Waals surface area contributed by atoms with Crippen LogP contribution in [-0.2, 0) is 0 Å². The van der Waals surface area contributed by atoms with Crippen molar-refractivity contribution in [3.8, 4) is 0 Å². The normalized spacial score (nSPS) is 43.0. The van der Waals surface area contributed by atoms with E-state index in [0.717, 1.165) is 17.8 Å². The zero-order chi connectivity index (χ0) is 11.0. The summed E-state index contributed by atoms with van der Waals surface area (Å²) in [5, 5.41) is 10.1. The highest BCUT2D eigenvalue weighted by atomic mass is 16.3. The van der Waals surface area contributed by atoms with E-state index in [0.29, 0.717) is 11.8 Å². The van der Waals surface area contributed by atoms with Gasteiger partial charge in [-0.25, -0.2) is 0 Å². The summed E-state index contributed by atoms with van der Waals surface area (Å²) in [6.07, 6.45) is 6.52. The molecule has 0 radical (unpaired) electrons. The Morgan fingerprint density at radius 3 is 2.00 bits per heavy atom. The maximum Gasteiger partial charge on any atom is 0.0596 e. The van der Waals surface area contributed by atoms with Crippen molar-refractivity contribution in [1.29, 1.82) is 0 Å². The average Bonchev–Trinajstić information content (AvgIpc) is 2.16. The van der Waals surface area contributed by atoms with E-state index < -0.39 is 0 Å². The molecule has 88 valence electrons. The summed E-state index contributed by atoms with van der Waals surface area (Å²) in [4.78, 5) is 0. The second-order valence-corrected chi connectivity index (χ2v) is 6.28. The second kappa shape index (κ2) is 4.45. The van der Waals surface area contributed by atoms with E-state index in [1.807, 2.05) is 0 Å². The molecule has 0 spiro atoms. The molecule has 0 aromatic heterocycles. The number of fused-ring (bicyclic) bond motifs is 2. The highest BCUT2D eigenvalue weighted by Crippen LogP contribution is 2.46. The van der Waals surface area contributed by atoms with Crippen molar-refractivity contribution in [2.75, 3.05) is 0 Å². The summed E-state index contributed by atoms with van der Waals surface area (Å²) in [6, 6.07) is 0. The molecular formula is C14H26O. The van der Waals surface area contributed by atoms with Gasteiger partial charge in [-0.05, 0) is 55.3 Å². The Kier molecular flexibility index (Phi) is 3.39. The van der Waals surface area contributed by atoms with Crippen molar-refractivity contribution in [1.82, 2.24) is 0 Å². The first-order valence-corrected chi connectivity index (χ1v) is 6.77. The Morgan fingerprint density at radius 2 is 1.53 bits per heavy atom. The molecule has 2 aliphatic rings. The number of rotatable bonds is 2. The largest absolute Gasteiger partial charge is 0.393 e. The van der Waals surface area contributed by atoms with Gasteiger partial charge in [-0.15, -0.1) is 0 Å². The number of hydrogen-bond donors (Lipinski definition) is 1. The number of aliphatic hydroxyl groups is 1. The molecule has 2 aliphatic carbocycles. The summed E-state index contributed by atoms with van der Waals surface area (Å²) in [5.74, 6) is 3.77. The van der Waals surface area contributed by atoms with Crippen molar-refractivity contribution >= 4 is 0 Å². The fourth-order valence-corrected chi connectivity index (χ4v) is 3.73. The van der Waals surface area contributed by atoms with Crippen LogP contribution in [0.3, 0.4) is 0 Å². The summed E-state index contributed by atoms with van der Waals surface area (Å²) < 4.78 is 0. The molecular weight excluding hydrogens is 184 g/mol. The molecule has 2 saturated carbocycles. The molecule has 2 fully saturated rings. The van der Waals surface area contributed by atoms with Crippen LogP contribution in [0.4, 0.5) is 0 Å². The molecule has 0 aromatic rings. The van der Waals surface area contributed by atoms with Crippen LogP contribution in [0, 0.1) is 29.6 Å². The molecule has 0 aliphatic heterocycles. The van der Waals surface area contributed by atoms with Gasteiger partial charge in [0.05, 0.1) is 6.10 Å². The van der Waals surface area contributed by atoms with Crippen LogP contribution in [0.5, 0.6) is 0 Å². The van der Waals surface area contributed by atoms with Crippen LogP contribution in [-0.4, -0.2) is 11.2 Å². The van der Waals surface area contributed by atoms with Crippen molar-refractivity contribution in [3.63, 3.8) is 0 Å². The van der Waals surface area contributed by atoms with Crippen molar-refractivity contribution in [2.45, 2.75) is 59.0 Å². The van der Waals surface area contributed by atoms with Crippen LogP contribution >= 0.6 is 0 Å². The van der Waals surface area contributed by atoms with Gasteiger partial charge >= 0.3 is 0 Å². The lowest BCUT2D eigenvalue weighted by Gasteiger charge is -2.45. The highest BCUT2D eigenvalue weighted by molar-refractivity contribution is 4.91. The van der Waals surface area contributed by atoms with Gasteiger partial charge in [0.15, 0.2) is 0 Å². The first-order chi connectivity index (χ1) is 7.09. The van der Waals surface area contributed by atoms with E-state index in [1.54, 1.807) is 0 Å². The first-order valence-electron chi connectivity index (χ1n) is 6.77. The van der Waals surface area contributed by atoms with Crippen LogP contribution in [0.1, 0.15) is 52.9 Å². The first kappa shape index (κ1) is 11.4. The molecule has 1 heteroatoms. The van der Waals surface area contributed by atoms with Crippen molar-refractivity contribution in [2.24, 2.45) is 29.6 Å². The Labute approximate surface area is 94.3 Å². The smallest absolute Gasteiger partial charge is 0.0596 e. The lowest BCUT2D eigenvalue weighted by atomic mass is 9.62. The minimum Gasteiger partial charge on any atom is -0.393 e. The summed E-state index contributed by atoms with van der Waals surface area (Å²) in [5.41, 5.74) is 0. The van der Waals surface area contributed by atoms with Crippen molar-refractivity contribution < 1.29 is 5.11 Å². The number of hydrogen-bond acceptors (Lipinski definition) is 1. The molecule has 2 bridgehead atoms. The second-order valence-electron chi connectivity index (χ2n) is 6.28. The molecule has 15 heavy (non-hydrogen) atoms. The summed E-state index contributed by atoms with van der Waals surface area (Å²) in [7, 11) is 0. The van der Waals surface area contributed by atoms with Crippen LogP contribution in [0.15, 0.2) is 0 Å². The molecule has 0 amide bonds. The summed E-state index contributed by atoms with van der Waals surface area (Å²) >= 11 is 0. The van der Waals surface area contributed by atoms with Gasteiger partial charge in [-0.1, -0.05) is 27.2 Å². The Morgan fingerprint density at radius 1 is 1.00 bits per heavy atom. The SMILES string of the molecule is CC(C)C(C)C1CC2CCCC(C1)C2O. The fourth-order valence-electron chi connectivity index (χ4n) is 3.73. The van der Waals surface area contributed by atoms with Gasteiger partial charge in [-0.2, -0.15) is 0 Å². The maximum absolute atomic E-state index is 10.1. The zero-order valence-corrected chi connectivity index (χ0v) is 10.4. The van der Waals surface area contributed by atoms with Gasteiger partial charge in [-0.3, -0.25) is 0 Å². The standard InChI is InChI=1S/C14H26O/c1-9(2)10(3)13-7-11-5-4-6-12(8-13)14(11)15/h9-15H,4-8H2,1-3H3. The van der Waals surface area contributed by atoms with E-state index in [-0.39, 0.29) is 6.10 Å². The van der Waals surface area contributed by atoms with E-state index in [9.17, 15) is 5.11 Å². The average molecular weight is 210 g/mol. The lowest BCUT2D eigenvalue weighted by Crippen LogP contribution is -2.42. The van der Waals surface area contributed by atoms with Gasteiger partial charge in [0, 0.05) is 0 Å². The predicted octanol–water partition coefficient (Wildman–Crippen LogP) is 3.47. The van der Waals surface area contributed by atoms with Gasteiger partial charge in [0.1, 0.15) is 0 Å². The molecule has 1 N–H and O–H groups in total. The molecule has 2 rings (SSSR count). The zero-order valence-electron chi connectivity index (χ0n) is 10.4. The fraction of sp³-hybridized carbons (Fsp3) is 1.00. The maximum atomic E-state index is 10.1. The molecule has 1 nitrogen and oxygen atoms in total. The van der Waals surface area contributed by atoms with E-state index >= 15 is 0 Å². The van der Waals surface area contributed by atoms with Gasteiger partial charge in [0.2, 0.25) is 0 Å². The topological polar surface area (TPSA) is 20.2 Å². The van der Waals surface area contributed by atoms with E-state index in [4.69, 9.17) is 0 Å². The molecule has 0 aromatic carbocycles. The monoisotopic (exact) mass is 210 g/mol. The predicted molar refractivity (Wildman–Crippen MR) is 63.6 cm³/mol. The molecule has 0 heterocycles. The van der Waals surface area contributed by atoms with Crippen molar-refractivity contribution in [3.05, 3.63) is 0 Å². The van der Waals surface area contributed by atoms with E-state index in [1.165, 1.54) is 32.1 Å². The third-order valence-electron chi connectivity index (χ3n) is 5.12. The van der Waals surface area contributed by atoms with E-state index in [2.05, 4.69) is 20.8 Å².